The number of nitrogen functional groups attached to an aromatic ring is 1. The van der Waals surface area contributed by atoms with Crippen LogP contribution in [-0.2, 0) is 0 Å². The van der Waals surface area contributed by atoms with E-state index in [1.54, 1.807) is 41.6 Å². The maximum Gasteiger partial charge on any atom is 0.272 e. The van der Waals surface area contributed by atoms with Crippen LogP contribution in [-0.4, -0.2) is 51.9 Å². The molecule has 2 aromatic rings. The predicted molar refractivity (Wildman–Crippen MR) is 78.8 cm³/mol. The van der Waals surface area contributed by atoms with Gasteiger partial charge in [0.25, 0.3) is 5.91 Å². The van der Waals surface area contributed by atoms with Crippen molar-refractivity contribution in [3.05, 3.63) is 42.4 Å². The predicted octanol–water partition coefficient (Wildman–Crippen LogP) is 0.416. The second kappa shape index (κ2) is 5.74. The summed E-state index contributed by atoms with van der Waals surface area (Å²) in [4.78, 5) is 28.7. The molecular weight excluding hydrogens is 268 g/mol. The number of amides is 1. The van der Waals surface area contributed by atoms with Gasteiger partial charge in [-0.3, -0.25) is 4.79 Å². The molecule has 2 N–H and O–H groups in total. The molecule has 7 nitrogen and oxygen atoms in total. The van der Waals surface area contributed by atoms with E-state index >= 15 is 0 Å². The first-order valence-corrected chi connectivity index (χ1v) is 6.78. The first-order valence-electron chi connectivity index (χ1n) is 6.78. The van der Waals surface area contributed by atoms with Crippen LogP contribution in [0.2, 0.25) is 0 Å². The number of carbonyl (C=O) groups is 1. The molecule has 0 unspecified atom stereocenters. The lowest BCUT2D eigenvalue weighted by Gasteiger charge is -2.34. The highest BCUT2D eigenvalue weighted by Gasteiger charge is 2.24. The van der Waals surface area contributed by atoms with Crippen LogP contribution in [0.3, 0.4) is 0 Å². The standard InChI is InChI=1S/C14H16N6O/c15-12-4-1-3-11(18-12)13(21)19-7-9-20(10-8-19)14-16-5-2-6-17-14/h1-6H,7-10H2,(H2,15,18). The van der Waals surface area contributed by atoms with Gasteiger partial charge in [0.1, 0.15) is 11.5 Å². The third-order valence-corrected chi connectivity index (χ3v) is 3.39. The maximum absolute atomic E-state index is 12.4. The van der Waals surface area contributed by atoms with E-state index in [-0.39, 0.29) is 5.91 Å². The summed E-state index contributed by atoms with van der Waals surface area (Å²) in [7, 11) is 0. The van der Waals surface area contributed by atoms with Crippen molar-refractivity contribution in [1.29, 1.82) is 0 Å². The zero-order chi connectivity index (χ0) is 14.7. The van der Waals surface area contributed by atoms with E-state index in [0.29, 0.717) is 43.6 Å². The zero-order valence-electron chi connectivity index (χ0n) is 11.5. The number of anilines is 2. The van der Waals surface area contributed by atoms with E-state index in [2.05, 4.69) is 19.9 Å². The molecule has 7 heteroatoms. The van der Waals surface area contributed by atoms with E-state index in [1.165, 1.54) is 0 Å². The molecule has 0 radical (unpaired) electrons. The number of rotatable bonds is 2. The van der Waals surface area contributed by atoms with Crippen molar-refractivity contribution in [3.63, 3.8) is 0 Å². The van der Waals surface area contributed by atoms with Gasteiger partial charge in [0.2, 0.25) is 5.95 Å². The average Bonchev–Trinajstić information content (AvgIpc) is 2.55. The SMILES string of the molecule is Nc1cccc(C(=O)N2CCN(c3ncccn3)CC2)n1. The molecule has 3 rings (SSSR count). The van der Waals surface area contributed by atoms with Crippen molar-refractivity contribution in [2.24, 2.45) is 0 Å². The summed E-state index contributed by atoms with van der Waals surface area (Å²) in [5, 5.41) is 0. The molecule has 2 aromatic heterocycles. The number of hydrogen-bond acceptors (Lipinski definition) is 6. The summed E-state index contributed by atoms with van der Waals surface area (Å²) in [5.74, 6) is 0.972. The first kappa shape index (κ1) is 13.3. The van der Waals surface area contributed by atoms with Crippen molar-refractivity contribution in [2.45, 2.75) is 0 Å². The summed E-state index contributed by atoms with van der Waals surface area (Å²) in [6, 6.07) is 6.88. The molecule has 0 saturated carbocycles. The number of nitrogens with two attached hydrogens (primary N) is 1. The monoisotopic (exact) mass is 284 g/mol. The van der Waals surface area contributed by atoms with Crippen LogP contribution in [0.5, 0.6) is 0 Å². The van der Waals surface area contributed by atoms with Crippen molar-refractivity contribution in [2.75, 3.05) is 36.8 Å². The van der Waals surface area contributed by atoms with Gasteiger partial charge in [0.15, 0.2) is 0 Å². The second-order valence-electron chi connectivity index (χ2n) is 4.78. The van der Waals surface area contributed by atoms with Crippen molar-refractivity contribution in [3.8, 4) is 0 Å². The van der Waals surface area contributed by atoms with Gasteiger partial charge in [-0.2, -0.15) is 0 Å². The number of piperazine rings is 1. The lowest BCUT2D eigenvalue weighted by atomic mass is 10.2. The van der Waals surface area contributed by atoms with E-state index in [1.807, 2.05) is 0 Å². The summed E-state index contributed by atoms with van der Waals surface area (Å²) >= 11 is 0. The van der Waals surface area contributed by atoms with Crippen molar-refractivity contribution in [1.82, 2.24) is 19.9 Å². The molecule has 0 atom stereocenters. The Hall–Kier alpha value is -2.70. The van der Waals surface area contributed by atoms with Gasteiger partial charge in [0, 0.05) is 38.6 Å². The molecule has 1 aliphatic rings. The van der Waals surface area contributed by atoms with Crippen LogP contribution in [0.25, 0.3) is 0 Å². The Balaban J connectivity index is 1.64. The Labute approximate surface area is 122 Å². The molecular formula is C14H16N6O. The Bertz CT molecular complexity index is 624. The molecule has 0 aromatic carbocycles. The molecule has 1 aliphatic heterocycles. The number of pyridine rings is 1. The number of carbonyl (C=O) groups excluding carboxylic acids is 1. The van der Waals surface area contributed by atoms with Crippen LogP contribution >= 0.6 is 0 Å². The highest BCUT2D eigenvalue weighted by Crippen LogP contribution is 2.12. The minimum atomic E-state index is -0.0871. The van der Waals surface area contributed by atoms with Crippen LogP contribution in [0.4, 0.5) is 11.8 Å². The van der Waals surface area contributed by atoms with E-state index in [0.717, 1.165) is 0 Å². The summed E-state index contributed by atoms with van der Waals surface area (Å²) in [5.41, 5.74) is 6.01. The lowest BCUT2D eigenvalue weighted by molar-refractivity contribution is 0.0740. The quantitative estimate of drug-likeness (QED) is 0.859. The van der Waals surface area contributed by atoms with Crippen LogP contribution in [0.1, 0.15) is 10.5 Å². The molecule has 1 saturated heterocycles. The molecule has 3 heterocycles. The van der Waals surface area contributed by atoms with Gasteiger partial charge in [-0.25, -0.2) is 15.0 Å². The summed E-state index contributed by atoms with van der Waals surface area (Å²) < 4.78 is 0. The highest BCUT2D eigenvalue weighted by atomic mass is 16.2. The van der Waals surface area contributed by atoms with Gasteiger partial charge in [-0.05, 0) is 18.2 Å². The minimum Gasteiger partial charge on any atom is -0.384 e. The third kappa shape index (κ3) is 2.91. The smallest absolute Gasteiger partial charge is 0.272 e. The topological polar surface area (TPSA) is 88.2 Å². The Morgan fingerprint density at radius 3 is 2.43 bits per heavy atom. The first-order chi connectivity index (χ1) is 10.2. The van der Waals surface area contributed by atoms with Gasteiger partial charge >= 0.3 is 0 Å². The molecule has 1 amide bonds. The van der Waals surface area contributed by atoms with E-state index in [9.17, 15) is 4.79 Å². The fourth-order valence-electron chi connectivity index (χ4n) is 2.30. The third-order valence-electron chi connectivity index (χ3n) is 3.39. The van der Waals surface area contributed by atoms with E-state index in [4.69, 9.17) is 5.73 Å². The Morgan fingerprint density at radius 2 is 1.76 bits per heavy atom. The molecule has 0 bridgehead atoms. The van der Waals surface area contributed by atoms with Crippen LogP contribution < -0.4 is 10.6 Å². The number of aromatic nitrogens is 3. The van der Waals surface area contributed by atoms with Gasteiger partial charge in [-0.15, -0.1) is 0 Å². The zero-order valence-corrected chi connectivity index (χ0v) is 11.5. The van der Waals surface area contributed by atoms with Crippen LogP contribution in [0.15, 0.2) is 36.7 Å². The van der Waals surface area contributed by atoms with Crippen molar-refractivity contribution < 1.29 is 4.79 Å². The van der Waals surface area contributed by atoms with Gasteiger partial charge in [0.05, 0.1) is 0 Å². The van der Waals surface area contributed by atoms with Crippen LogP contribution in [0, 0.1) is 0 Å². The lowest BCUT2D eigenvalue weighted by Crippen LogP contribution is -2.49. The fraction of sp³-hybridized carbons (Fsp3) is 0.286. The fourth-order valence-corrected chi connectivity index (χ4v) is 2.30. The summed E-state index contributed by atoms with van der Waals surface area (Å²) in [6.07, 6.45) is 3.44. The largest absolute Gasteiger partial charge is 0.384 e. The molecule has 1 fully saturated rings. The molecule has 0 spiro atoms. The Morgan fingerprint density at radius 1 is 1.05 bits per heavy atom. The second-order valence-corrected chi connectivity index (χ2v) is 4.78. The van der Waals surface area contributed by atoms with Crippen molar-refractivity contribution >= 4 is 17.7 Å². The maximum atomic E-state index is 12.4. The minimum absolute atomic E-state index is 0.0871. The molecule has 0 aliphatic carbocycles. The van der Waals surface area contributed by atoms with Gasteiger partial charge < -0.3 is 15.5 Å². The number of hydrogen-bond donors (Lipinski definition) is 1. The molecule has 21 heavy (non-hydrogen) atoms. The van der Waals surface area contributed by atoms with Gasteiger partial charge in [-0.1, -0.05) is 6.07 Å². The average molecular weight is 284 g/mol. The Kier molecular flexibility index (Phi) is 3.63. The molecule has 108 valence electrons. The number of nitrogens with zero attached hydrogens (tertiary/aromatic N) is 5. The normalized spacial score (nSPS) is 15.0. The highest BCUT2D eigenvalue weighted by molar-refractivity contribution is 5.92. The van der Waals surface area contributed by atoms with E-state index < -0.39 is 0 Å². The summed E-state index contributed by atoms with van der Waals surface area (Å²) in [6.45, 7) is 2.65.